The summed E-state index contributed by atoms with van der Waals surface area (Å²) in [5.41, 5.74) is 1.16. The molecule has 158 valence electrons. The van der Waals surface area contributed by atoms with Gasteiger partial charge in [-0.05, 0) is 36.4 Å². The Kier molecular flexibility index (Phi) is 5.48. The first-order valence-electron chi connectivity index (χ1n) is 9.41. The highest BCUT2D eigenvalue weighted by Crippen LogP contribution is 2.39. The van der Waals surface area contributed by atoms with E-state index in [9.17, 15) is 18.0 Å². The molecule has 1 amide bonds. The van der Waals surface area contributed by atoms with Crippen LogP contribution in [0.3, 0.4) is 0 Å². The van der Waals surface area contributed by atoms with Crippen molar-refractivity contribution in [3.63, 3.8) is 0 Å². The van der Waals surface area contributed by atoms with Crippen LogP contribution in [0.1, 0.15) is 21.7 Å². The average Bonchev–Trinajstić information content (AvgIpc) is 3.26. The highest BCUT2D eigenvalue weighted by atomic mass is 19.4. The van der Waals surface area contributed by atoms with Crippen LogP contribution in [0, 0.1) is 11.3 Å². The standard InChI is InChI=1S/C24H14F3N3O2/c25-24(26,27)21-20(15-6-2-1-3-7-15)30-23(32-21)16-10-12-18(13-11-16)29-22(31)19-9-5-4-8-17(19)14-28/h1-13H,(H,29,31). The van der Waals surface area contributed by atoms with Crippen molar-refractivity contribution in [1.82, 2.24) is 4.98 Å². The fourth-order valence-corrected chi connectivity index (χ4v) is 3.10. The van der Waals surface area contributed by atoms with Crippen LogP contribution in [0.25, 0.3) is 22.7 Å². The number of nitriles is 1. The zero-order valence-electron chi connectivity index (χ0n) is 16.4. The van der Waals surface area contributed by atoms with Crippen LogP contribution in [0.4, 0.5) is 18.9 Å². The van der Waals surface area contributed by atoms with E-state index in [1.165, 1.54) is 48.5 Å². The molecule has 1 heterocycles. The second-order valence-corrected chi connectivity index (χ2v) is 6.75. The van der Waals surface area contributed by atoms with E-state index in [-0.39, 0.29) is 28.3 Å². The van der Waals surface area contributed by atoms with Crippen molar-refractivity contribution in [2.45, 2.75) is 6.18 Å². The molecule has 0 saturated carbocycles. The summed E-state index contributed by atoms with van der Waals surface area (Å²) in [6, 6.07) is 22.3. The summed E-state index contributed by atoms with van der Waals surface area (Å²) in [6.07, 6.45) is -4.71. The summed E-state index contributed by atoms with van der Waals surface area (Å²) in [4.78, 5) is 16.5. The van der Waals surface area contributed by atoms with Crippen molar-refractivity contribution in [2.75, 3.05) is 5.32 Å². The van der Waals surface area contributed by atoms with E-state index < -0.39 is 17.8 Å². The molecule has 0 aliphatic carbocycles. The van der Waals surface area contributed by atoms with Gasteiger partial charge in [-0.15, -0.1) is 0 Å². The Morgan fingerprint density at radius 3 is 2.22 bits per heavy atom. The number of carbonyl (C=O) groups excluding carboxylic acids is 1. The summed E-state index contributed by atoms with van der Waals surface area (Å²) >= 11 is 0. The van der Waals surface area contributed by atoms with Gasteiger partial charge in [0.25, 0.3) is 5.91 Å². The van der Waals surface area contributed by atoms with Gasteiger partial charge in [-0.25, -0.2) is 4.98 Å². The van der Waals surface area contributed by atoms with Gasteiger partial charge < -0.3 is 9.73 Å². The lowest BCUT2D eigenvalue weighted by Gasteiger charge is -2.07. The van der Waals surface area contributed by atoms with E-state index in [0.29, 0.717) is 11.3 Å². The minimum atomic E-state index is -4.71. The number of alkyl halides is 3. The van der Waals surface area contributed by atoms with Crippen LogP contribution in [-0.4, -0.2) is 10.9 Å². The van der Waals surface area contributed by atoms with Crippen LogP contribution in [0.5, 0.6) is 0 Å². The third-order valence-corrected chi connectivity index (χ3v) is 4.61. The number of benzene rings is 3. The summed E-state index contributed by atoms with van der Waals surface area (Å²) in [7, 11) is 0. The molecule has 0 aliphatic heterocycles. The lowest BCUT2D eigenvalue weighted by molar-refractivity contribution is -0.152. The molecular formula is C24H14F3N3O2. The molecule has 4 aromatic rings. The normalized spacial score (nSPS) is 11.1. The summed E-state index contributed by atoms with van der Waals surface area (Å²) < 4.78 is 45.5. The summed E-state index contributed by atoms with van der Waals surface area (Å²) in [5, 5.41) is 11.8. The van der Waals surface area contributed by atoms with Gasteiger partial charge in [-0.3, -0.25) is 4.79 Å². The van der Waals surface area contributed by atoms with Crippen molar-refractivity contribution in [3.05, 3.63) is 95.7 Å². The highest BCUT2D eigenvalue weighted by molar-refractivity contribution is 6.05. The van der Waals surface area contributed by atoms with Crippen molar-refractivity contribution in [3.8, 4) is 28.8 Å². The first-order valence-corrected chi connectivity index (χ1v) is 9.41. The van der Waals surface area contributed by atoms with Gasteiger partial charge in [0, 0.05) is 16.8 Å². The number of aromatic nitrogens is 1. The number of rotatable bonds is 4. The molecule has 5 nitrogen and oxygen atoms in total. The number of amides is 1. The van der Waals surface area contributed by atoms with Gasteiger partial charge in [0.05, 0.1) is 17.2 Å². The van der Waals surface area contributed by atoms with Gasteiger partial charge in [-0.2, -0.15) is 18.4 Å². The second-order valence-electron chi connectivity index (χ2n) is 6.75. The monoisotopic (exact) mass is 433 g/mol. The predicted octanol–water partition coefficient (Wildman–Crippen LogP) is 6.15. The Bertz CT molecular complexity index is 1310. The first-order chi connectivity index (χ1) is 15.4. The molecule has 0 saturated heterocycles. The number of halogens is 3. The second kappa shape index (κ2) is 8.40. The molecule has 1 N–H and O–H groups in total. The summed E-state index contributed by atoms with van der Waals surface area (Å²) in [6.45, 7) is 0. The fourth-order valence-electron chi connectivity index (χ4n) is 3.10. The van der Waals surface area contributed by atoms with Crippen LogP contribution < -0.4 is 5.32 Å². The minimum absolute atomic E-state index is 0.191. The average molecular weight is 433 g/mol. The zero-order valence-corrected chi connectivity index (χ0v) is 16.4. The number of oxazole rings is 1. The number of nitrogens with zero attached hydrogens (tertiary/aromatic N) is 2. The van der Waals surface area contributed by atoms with E-state index in [1.54, 1.807) is 30.3 Å². The zero-order chi connectivity index (χ0) is 22.7. The number of carbonyl (C=O) groups is 1. The Morgan fingerprint density at radius 2 is 1.56 bits per heavy atom. The topological polar surface area (TPSA) is 78.9 Å². The molecule has 0 spiro atoms. The molecular weight excluding hydrogens is 419 g/mol. The van der Waals surface area contributed by atoms with Gasteiger partial charge in [0.15, 0.2) is 0 Å². The molecule has 32 heavy (non-hydrogen) atoms. The third kappa shape index (κ3) is 4.23. The Balaban J connectivity index is 1.62. The number of anilines is 1. The minimum Gasteiger partial charge on any atom is -0.431 e. The molecule has 8 heteroatoms. The molecule has 1 aromatic heterocycles. The van der Waals surface area contributed by atoms with Crippen molar-refractivity contribution >= 4 is 11.6 Å². The van der Waals surface area contributed by atoms with Crippen LogP contribution >= 0.6 is 0 Å². The van der Waals surface area contributed by atoms with E-state index in [1.807, 2.05) is 6.07 Å². The lowest BCUT2D eigenvalue weighted by Crippen LogP contribution is -2.13. The lowest BCUT2D eigenvalue weighted by atomic mass is 10.1. The van der Waals surface area contributed by atoms with Gasteiger partial charge >= 0.3 is 6.18 Å². The van der Waals surface area contributed by atoms with Gasteiger partial charge in [-0.1, -0.05) is 42.5 Å². The Labute approximate surface area is 180 Å². The molecule has 4 rings (SSSR count). The van der Waals surface area contributed by atoms with Crippen LogP contribution in [-0.2, 0) is 6.18 Å². The maximum Gasteiger partial charge on any atom is 0.451 e. The van der Waals surface area contributed by atoms with E-state index in [4.69, 9.17) is 9.68 Å². The number of nitrogens with one attached hydrogen (secondary N) is 1. The number of hydrogen-bond acceptors (Lipinski definition) is 4. The highest BCUT2D eigenvalue weighted by Gasteiger charge is 2.40. The molecule has 0 fully saturated rings. The Morgan fingerprint density at radius 1 is 0.906 bits per heavy atom. The molecule has 3 aromatic carbocycles. The van der Waals surface area contributed by atoms with Crippen molar-refractivity contribution in [1.29, 1.82) is 5.26 Å². The van der Waals surface area contributed by atoms with Crippen LogP contribution in [0.2, 0.25) is 0 Å². The summed E-state index contributed by atoms with van der Waals surface area (Å²) in [5.74, 6) is -1.84. The van der Waals surface area contributed by atoms with E-state index >= 15 is 0 Å². The van der Waals surface area contributed by atoms with Crippen molar-refractivity contribution < 1.29 is 22.4 Å². The quantitative estimate of drug-likeness (QED) is 0.419. The predicted molar refractivity (Wildman–Crippen MR) is 111 cm³/mol. The molecule has 0 atom stereocenters. The van der Waals surface area contributed by atoms with Crippen molar-refractivity contribution in [2.24, 2.45) is 0 Å². The first kappa shape index (κ1) is 20.9. The number of hydrogen-bond donors (Lipinski definition) is 1. The fraction of sp³-hybridized carbons (Fsp3) is 0.0417. The largest absolute Gasteiger partial charge is 0.451 e. The SMILES string of the molecule is N#Cc1ccccc1C(=O)Nc1ccc(-c2nc(-c3ccccc3)c(C(F)(F)F)o2)cc1. The molecule has 0 radical (unpaired) electrons. The molecule has 0 unspecified atom stereocenters. The molecule has 0 aliphatic rings. The Hall–Kier alpha value is -4.38. The maximum atomic E-state index is 13.5. The maximum absolute atomic E-state index is 13.5. The van der Waals surface area contributed by atoms with E-state index in [2.05, 4.69) is 10.3 Å². The van der Waals surface area contributed by atoms with E-state index in [0.717, 1.165) is 0 Å². The van der Waals surface area contributed by atoms with Crippen LogP contribution in [0.15, 0.2) is 83.3 Å². The van der Waals surface area contributed by atoms with Gasteiger partial charge in [0.2, 0.25) is 11.7 Å². The smallest absolute Gasteiger partial charge is 0.431 e. The molecule has 0 bridgehead atoms. The third-order valence-electron chi connectivity index (χ3n) is 4.61. The van der Waals surface area contributed by atoms with Gasteiger partial charge in [0.1, 0.15) is 5.69 Å².